The summed E-state index contributed by atoms with van der Waals surface area (Å²) in [5.41, 5.74) is 1.17. The largest absolute Gasteiger partial charge is 0.338 e. The number of thiazole rings is 1. The number of hydrogen-bond acceptors (Lipinski definition) is 4. The highest BCUT2D eigenvalue weighted by molar-refractivity contribution is 7.07. The van der Waals surface area contributed by atoms with Crippen LogP contribution in [0.25, 0.3) is 17.3 Å². The Kier molecular flexibility index (Phi) is 6.36. The summed E-state index contributed by atoms with van der Waals surface area (Å²) in [5.74, 6) is -0.314. The van der Waals surface area contributed by atoms with E-state index in [1.54, 1.807) is 35.2 Å². The maximum Gasteiger partial charge on any atom is 0.273 e. The van der Waals surface area contributed by atoms with Crippen molar-refractivity contribution in [1.82, 2.24) is 9.47 Å². The molecule has 1 amide bonds. The number of para-hydroxylation sites is 1. The molecule has 0 unspecified atom stereocenters. The molecule has 7 heteroatoms. The Hall–Kier alpha value is -3.14. The summed E-state index contributed by atoms with van der Waals surface area (Å²) in [6, 6.07) is 18.3. The Morgan fingerprint density at radius 3 is 2.35 bits per heavy atom. The van der Waals surface area contributed by atoms with Crippen LogP contribution in [0.3, 0.4) is 0 Å². The fourth-order valence-corrected chi connectivity index (χ4v) is 4.84. The molecule has 1 fully saturated rings. The van der Waals surface area contributed by atoms with E-state index in [1.807, 2.05) is 30.3 Å². The van der Waals surface area contributed by atoms with E-state index in [0.29, 0.717) is 33.0 Å². The minimum atomic E-state index is -0.314. The number of nitriles is 1. The third-order valence-corrected chi connectivity index (χ3v) is 6.53. The number of hydrogen-bond donors (Lipinski definition) is 0. The van der Waals surface area contributed by atoms with E-state index in [1.165, 1.54) is 4.57 Å². The minimum Gasteiger partial charge on any atom is -0.338 e. The molecule has 1 aromatic heterocycles. The van der Waals surface area contributed by atoms with Crippen LogP contribution in [0.15, 0.2) is 59.4 Å². The second-order valence-corrected chi connectivity index (χ2v) is 8.75. The van der Waals surface area contributed by atoms with Gasteiger partial charge in [-0.3, -0.25) is 14.2 Å². The highest BCUT2D eigenvalue weighted by atomic mass is 35.5. The minimum absolute atomic E-state index is 0.00334. The van der Waals surface area contributed by atoms with Crippen LogP contribution in [0, 0.1) is 11.3 Å². The van der Waals surface area contributed by atoms with Gasteiger partial charge in [0.2, 0.25) is 0 Å². The molecule has 2 heterocycles. The SMILES string of the molecule is N#C/C(C(=O)N1CCCCC1)=c1/s/c(=C\c2ccc(Cl)cc2)c(=O)n1-c1ccccc1. The summed E-state index contributed by atoms with van der Waals surface area (Å²) in [6.07, 6.45) is 4.69. The van der Waals surface area contributed by atoms with Crippen molar-refractivity contribution in [3.63, 3.8) is 0 Å². The molecule has 31 heavy (non-hydrogen) atoms. The van der Waals surface area contributed by atoms with Crippen molar-refractivity contribution in [3.05, 3.63) is 84.7 Å². The lowest BCUT2D eigenvalue weighted by molar-refractivity contribution is -0.125. The van der Waals surface area contributed by atoms with Gasteiger partial charge in [-0.25, -0.2) is 0 Å². The molecule has 156 valence electrons. The Morgan fingerprint density at radius 1 is 1.03 bits per heavy atom. The molecule has 4 rings (SSSR count). The van der Waals surface area contributed by atoms with Gasteiger partial charge in [0.05, 0.1) is 10.2 Å². The van der Waals surface area contributed by atoms with E-state index >= 15 is 0 Å². The number of carbonyl (C=O) groups excluding carboxylic acids is 1. The monoisotopic (exact) mass is 449 g/mol. The maximum atomic E-state index is 13.3. The topological polar surface area (TPSA) is 66.1 Å². The number of nitrogens with zero attached hydrogens (tertiary/aromatic N) is 3. The number of rotatable bonds is 3. The average molecular weight is 450 g/mol. The molecule has 0 N–H and O–H groups in total. The van der Waals surface area contributed by atoms with Gasteiger partial charge in [-0.1, -0.05) is 41.9 Å². The number of halogens is 1. The lowest BCUT2D eigenvalue weighted by atomic mass is 10.1. The van der Waals surface area contributed by atoms with Crippen LogP contribution < -0.4 is 14.8 Å². The van der Waals surface area contributed by atoms with Crippen LogP contribution in [0.5, 0.6) is 0 Å². The van der Waals surface area contributed by atoms with Crippen LogP contribution >= 0.6 is 22.9 Å². The maximum absolute atomic E-state index is 13.3. The molecule has 0 radical (unpaired) electrons. The van der Waals surface area contributed by atoms with Gasteiger partial charge in [-0.05, 0) is 55.2 Å². The first-order valence-corrected chi connectivity index (χ1v) is 11.3. The molecule has 3 aromatic rings. The standard InChI is InChI=1S/C24H20ClN3O2S/c25-18-11-9-17(10-12-18)15-21-23(30)28(19-7-3-1-4-8-19)24(31-21)20(16-26)22(29)27-13-5-2-6-14-27/h1,3-4,7-12,15H,2,5-6,13-14H2/b21-15-,24-20-. The summed E-state index contributed by atoms with van der Waals surface area (Å²) < 4.78 is 2.27. The summed E-state index contributed by atoms with van der Waals surface area (Å²) in [6.45, 7) is 1.27. The van der Waals surface area contributed by atoms with Crippen molar-refractivity contribution in [2.75, 3.05) is 13.1 Å². The number of carbonyl (C=O) groups is 1. The molecule has 0 atom stereocenters. The Labute approximate surface area is 188 Å². The fraction of sp³-hybridized carbons (Fsp3) is 0.208. The molecule has 0 bridgehead atoms. The van der Waals surface area contributed by atoms with Gasteiger partial charge in [0.15, 0.2) is 5.57 Å². The van der Waals surface area contributed by atoms with Gasteiger partial charge in [-0.2, -0.15) is 5.26 Å². The molecule has 0 spiro atoms. The van der Waals surface area contributed by atoms with E-state index in [-0.39, 0.29) is 17.0 Å². The third kappa shape index (κ3) is 4.48. The Bertz CT molecular complexity index is 1310. The molecule has 5 nitrogen and oxygen atoms in total. The summed E-state index contributed by atoms with van der Waals surface area (Å²) in [4.78, 5) is 28.2. The fourth-order valence-electron chi connectivity index (χ4n) is 3.61. The van der Waals surface area contributed by atoms with Crippen LogP contribution in [-0.4, -0.2) is 28.5 Å². The van der Waals surface area contributed by atoms with E-state index in [9.17, 15) is 14.9 Å². The van der Waals surface area contributed by atoms with E-state index in [2.05, 4.69) is 6.07 Å². The smallest absolute Gasteiger partial charge is 0.273 e. The third-order valence-electron chi connectivity index (χ3n) is 5.19. The van der Waals surface area contributed by atoms with Gasteiger partial charge < -0.3 is 4.90 Å². The van der Waals surface area contributed by atoms with Crippen molar-refractivity contribution in [1.29, 1.82) is 5.26 Å². The lowest BCUT2D eigenvalue weighted by Gasteiger charge is -2.26. The first kappa shape index (κ1) is 21.1. The van der Waals surface area contributed by atoms with Crippen LogP contribution in [0.1, 0.15) is 24.8 Å². The average Bonchev–Trinajstić information content (AvgIpc) is 3.12. The molecule has 1 aliphatic heterocycles. The van der Waals surface area contributed by atoms with Crippen LogP contribution in [0.4, 0.5) is 0 Å². The second-order valence-electron chi connectivity index (χ2n) is 7.28. The molecular weight excluding hydrogens is 430 g/mol. The lowest BCUT2D eigenvalue weighted by Crippen LogP contribution is -2.39. The first-order valence-electron chi connectivity index (χ1n) is 10.1. The second kappa shape index (κ2) is 9.34. The van der Waals surface area contributed by atoms with Gasteiger partial charge in [0.25, 0.3) is 11.5 Å². The highest BCUT2D eigenvalue weighted by Gasteiger charge is 2.23. The Balaban J connectivity index is 1.97. The van der Waals surface area contributed by atoms with Gasteiger partial charge >= 0.3 is 0 Å². The number of benzene rings is 2. The zero-order chi connectivity index (χ0) is 21.8. The predicted molar refractivity (Wildman–Crippen MR) is 124 cm³/mol. The van der Waals surface area contributed by atoms with Crippen molar-refractivity contribution < 1.29 is 4.79 Å². The van der Waals surface area contributed by atoms with Crippen LogP contribution in [0.2, 0.25) is 5.02 Å². The van der Waals surface area contributed by atoms with Crippen molar-refractivity contribution in [2.24, 2.45) is 0 Å². The van der Waals surface area contributed by atoms with Gasteiger partial charge in [-0.15, -0.1) is 11.3 Å². The summed E-state index contributed by atoms with van der Waals surface area (Å²) in [5, 5.41) is 10.5. The number of amides is 1. The first-order chi connectivity index (χ1) is 15.1. The number of likely N-dealkylation sites (tertiary alicyclic amines) is 1. The van der Waals surface area contributed by atoms with Crippen LogP contribution in [-0.2, 0) is 4.79 Å². The van der Waals surface area contributed by atoms with E-state index < -0.39 is 0 Å². The quantitative estimate of drug-likeness (QED) is 0.617. The predicted octanol–water partition coefficient (Wildman–Crippen LogP) is 3.07. The van der Waals surface area contributed by atoms with Crippen molar-refractivity contribution in [3.8, 4) is 11.8 Å². The number of aromatic nitrogens is 1. The molecule has 1 saturated heterocycles. The zero-order valence-electron chi connectivity index (χ0n) is 16.8. The van der Waals surface area contributed by atoms with Gasteiger partial charge in [0, 0.05) is 18.1 Å². The molecule has 0 saturated carbocycles. The van der Waals surface area contributed by atoms with Crippen molar-refractivity contribution >= 4 is 40.5 Å². The highest BCUT2D eigenvalue weighted by Crippen LogP contribution is 2.13. The zero-order valence-corrected chi connectivity index (χ0v) is 18.3. The Morgan fingerprint density at radius 2 is 1.71 bits per heavy atom. The van der Waals surface area contributed by atoms with E-state index in [0.717, 1.165) is 36.2 Å². The normalized spacial score (nSPS) is 15.5. The summed E-state index contributed by atoms with van der Waals surface area (Å²) >= 11 is 7.13. The van der Waals surface area contributed by atoms with Crippen molar-refractivity contribution in [2.45, 2.75) is 19.3 Å². The summed E-state index contributed by atoms with van der Waals surface area (Å²) in [7, 11) is 0. The molecule has 0 aliphatic carbocycles. The molecule has 1 aliphatic rings. The molecule has 2 aromatic carbocycles. The number of piperidine rings is 1. The van der Waals surface area contributed by atoms with E-state index in [4.69, 9.17) is 11.6 Å². The van der Waals surface area contributed by atoms with Gasteiger partial charge in [0.1, 0.15) is 10.7 Å². The molecular formula is C24H20ClN3O2S.